The van der Waals surface area contributed by atoms with Crippen molar-refractivity contribution in [2.45, 2.75) is 33.2 Å². The van der Waals surface area contributed by atoms with Gasteiger partial charge in [0, 0.05) is 6.07 Å². The van der Waals surface area contributed by atoms with Crippen molar-refractivity contribution in [3.8, 4) is 11.5 Å². The third kappa shape index (κ3) is 5.66. The van der Waals surface area contributed by atoms with Crippen LogP contribution in [0.15, 0.2) is 36.4 Å². The van der Waals surface area contributed by atoms with E-state index in [0.717, 1.165) is 21.7 Å². The minimum atomic E-state index is -3.70. The molecule has 7 nitrogen and oxygen atoms in total. The van der Waals surface area contributed by atoms with Gasteiger partial charge in [0.2, 0.25) is 15.9 Å². The number of nitrogens with one attached hydrogen (secondary N) is 1. The van der Waals surface area contributed by atoms with E-state index < -0.39 is 10.0 Å². The van der Waals surface area contributed by atoms with Gasteiger partial charge in [-0.1, -0.05) is 25.1 Å². The Bertz CT molecular complexity index is 1000. The Balaban J connectivity index is 2.26. The van der Waals surface area contributed by atoms with Crippen molar-refractivity contribution >= 4 is 21.6 Å². The zero-order chi connectivity index (χ0) is 22.5. The highest BCUT2D eigenvalue weighted by Crippen LogP contribution is 2.32. The zero-order valence-corrected chi connectivity index (χ0v) is 19.2. The van der Waals surface area contributed by atoms with Crippen LogP contribution in [0.3, 0.4) is 0 Å². The molecule has 0 radical (unpaired) electrons. The second kappa shape index (κ2) is 9.84. The molecule has 0 unspecified atom stereocenters. The molecule has 1 atom stereocenters. The lowest BCUT2D eigenvalue weighted by Crippen LogP contribution is -2.41. The van der Waals surface area contributed by atoms with E-state index in [-0.39, 0.29) is 18.5 Å². The van der Waals surface area contributed by atoms with Crippen molar-refractivity contribution in [1.29, 1.82) is 0 Å². The van der Waals surface area contributed by atoms with Gasteiger partial charge in [0.15, 0.2) is 11.5 Å². The van der Waals surface area contributed by atoms with Gasteiger partial charge in [0.1, 0.15) is 6.54 Å². The molecular weight excluding hydrogens is 404 g/mol. The van der Waals surface area contributed by atoms with Crippen LogP contribution in [0.5, 0.6) is 11.5 Å². The van der Waals surface area contributed by atoms with Gasteiger partial charge in [0.05, 0.1) is 32.2 Å². The molecule has 0 aliphatic carbocycles. The van der Waals surface area contributed by atoms with Crippen LogP contribution in [-0.2, 0) is 14.8 Å². The largest absolute Gasteiger partial charge is 0.493 e. The third-order valence-electron chi connectivity index (χ3n) is 5.02. The predicted octanol–water partition coefficient (Wildman–Crippen LogP) is 3.35. The highest BCUT2D eigenvalue weighted by Gasteiger charge is 2.24. The fourth-order valence-electron chi connectivity index (χ4n) is 3.15. The predicted molar refractivity (Wildman–Crippen MR) is 119 cm³/mol. The average molecular weight is 435 g/mol. The molecule has 0 heterocycles. The van der Waals surface area contributed by atoms with Gasteiger partial charge in [-0.15, -0.1) is 0 Å². The van der Waals surface area contributed by atoms with Gasteiger partial charge >= 0.3 is 0 Å². The highest BCUT2D eigenvalue weighted by molar-refractivity contribution is 7.92. The van der Waals surface area contributed by atoms with Crippen LogP contribution >= 0.6 is 0 Å². The van der Waals surface area contributed by atoms with Crippen LogP contribution < -0.4 is 19.1 Å². The molecular formula is C22H30N2O5S. The lowest BCUT2D eigenvalue weighted by molar-refractivity contribution is -0.120. The summed E-state index contributed by atoms with van der Waals surface area (Å²) in [5.41, 5.74) is 3.63. The molecule has 0 aliphatic heterocycles. The first kappa shape index (κ1) is 23.5. The van der Waals surface area contributed by atoms with E-state index in [1.807, 2.05) is 39.0 Å². The molecule has 1 N–H and O–H groups in total. The SMILES string of the molecule is CC[C@H](NC(=O)CN(c1ccc(OC)c(OC)c1)S(C)(=O)=O)c1ccc(C)c(C)c1. The number of amides is 1. The summed E-state index contributed by atoms with van der Waals surface area (Å²) in [5.74, 6) is 0.464. The number of nitrogens with zero attached hydrogens (tertiary/aromatic N) is 1. The summed E-state index contributed by atoms with van der Waals surface area (Å²) < 4.78 is 36.3. The summed E-state index contributed by atoms with van der Waals surface area (Å²) >= 11 is 0. The first-order valence-electron chi connectivity index (χ1n) is 9.67. The van der Waals surface area contributed by atoms with E-state index in [2.05, 4.69) is 5.32 Å². The van der Waals surface area contributed by atoms with Gasteiger partial charge < -0.3 is 14.8 Å². The topological polar surface area (TPSA) is 84.9 Å². The van der Waals surface area contributed by atoms with Crippen molar-refractivity contribution in [3.63, 3.8) is 0 Å². The number of rotatable bonds is 9. The van der Waals surface area contributed by atoms with Crippen molar-refractivity contribution in [2.24, 2.45) is 0 Å². The maximum atomic E-state index is 12.8. The smallest absolute Gasteiger partial charge is 0.241 e. The van der Waals surface area contributed by atoms with Crippen LogP contribution in [0.4, 0.5) is 5.69 Å². The van der Waals surface area contributed by atoms with Crippen molar-refractivity contribution in [2.75, 3.05) is 31.3 Å². The zero-order valence-electron chi connectivity index (χ0n) is 18.4. The molecule has 30 heavy (non-hydrogen) atoms. The van der Waals surface area contributed by atoms with Crippen molar-refractivity contribution in [3.05, 3.63) is 53.1 Å². The lowest BCUT2D eigenvalue weighted by Gasteiger charge is -2.25. The van der Waals surface area contributed by atoms with E-state index in [9.17, 15) is 13.2 Å². The van der Waals surface area contributed by atoms with Crippen LogP contribution in [0.1, 0.15) is 36.1 Å². The molecule has 1 amide bonds. The second-order valence-electron chi connectivity index (χ2n) is 7.18. The molecule has 164 valence electrons. The Morgan fingerprint density at radius 1 is 1.03 bits per heavy atom. The molecule has 2 aromatic carbocycles. The highest BCUT2D eigenvalue weighted by atomic mass is 32.2. The minimum absolute atomic E-state index is 0.205. The number of methoxy groups -OCH3 is 2. The Labute approximate surface area is 179 Å². The number of anilines is 1. The van der Waals surface area contributed by atoms with Crippen LogP contribution in [0, 0.1) is 13.8 Å². The van der Waals surface area contributed by atoms with E-state index in [0.29, 0.717) is 23.6 Å². The minimum Gasteiger partial charge on any atom is -0.493 e. The van der Waals surface area contributed by atoms with E-state index >= 15 is 0 Å². The molecule has 0 fully saturated rings. The van der Waals surface area contributed by atoms with Gasteiger partial charge in [-0.25, -0.2) is 8.42 Å². The summed E-state index contributed by atoms with van der Waals surface area (Å²) in [7, 11) is -0.737. The number of carbonyl (C=O) groups is 1. The number of hydrogen-bond donors (Lipinski definition) is 1. The van der Waals surface area contributed by atoms with E-state index in [1.165, 1.54) is 25.8 Å². The number of carbonyl (C=O) groups excluding carboxylic acids is 1. The first-order chi connectivity index (χ1) is 14.1. The molecule has 0 saturated carbocycles. The fraction of sp³-hybridized carbons (Fsp3) is 0.409. The number of benzene rings is 2. The molecule has 0 spiro atoms. The Kier molecular flexibility index (Phi) is 7.72. The maximum absolute atomic E-state index is 12.8. The van der Waals surface area contributed by atoms with Gasteiger partial charge in [0.25, 0.3) is 0 Å². The summed E-state index contributed by atoms with van der Waals surface area (Å²) in [4.78, 5) is 12.8. The summed E-state index contributed by atoms with van der Waals surface area (Å²) in [6.45, 7) is 5.69. The van der Waals surface area contributed by atoms with Gasteiger partial charge in [-0.05, 0) is 49.1 Å². The summed E-state index contributed by atoms with van der Waals surface area (Å²) in [6, 6.07) is 10.6. The Morgan fingerprint density at radius 2 is 1.70 bits per heavy atom. The molecule has 8 heteroatoms. The lowest BCUT2D eigenvalue weighted by atomic mass is 9.99. The number of hydrogen-bond acceptors (Lipinski definition) is 5. The number of aryl methyl sites for hydroxylation is 2. The van der Waals surface area contributed by atoms with Crippen LogP contribution in [0.25, 0.3) is 0 Å². The maximum Gasteiger partial charge on any atom is 0.241 e. The molecule has 0 bridgehead atoms. The normalized spacial score (nSPS) is 12.2. The van der Waals surface area contributed by atoms with Crippen molar-refractivity contribution in [1.82, 2.24) is 5.32 Å². The Hall–Kier alpha value is -2.74. The van der Waals surface area contributed by atoms with Crippen LogP contribution in [-0.4, -0.2) is 41.3 Å². The number of ether oxygens (including phenoxy) is 2. The molecule has 2 rings (SSSR count). The summed E-state index contributed by atoms with van der Waals surface area (Å²) in [5, 5.41) is 2.95. The number of sulfonamides is 1. The van der Waals surface area contributed by atoms with Gasteiger partial charge in [-0.2, -0.15) is 0 Å². The van der Waals surface area contributed by atoms with Crippen LogP contribution in [0.2, 0.25) is 0 Å². The Morgan fingerprint density at radius 3 is 2.23 bits per heavy atom. The first-order valence-corrected chi connectivity index (χ1v) is 11.5. The molecule has 0 aliphatic rings. The third-order valence-corrected chi connectivity index (χ3v) is 6.16. The summed E-state index contributed by atoms with van der Waals surface area (Å²) in [6.07, 6.45) is 1.75. The molecule has 2 aromatic rings. The van der Waals surface area contributed by atoms with E-state index in [1.54, 1.807) is 12.1 Å². The fourth-order valence-corrected chi connectivity index (χ4v) is 4.00. The average Bonchev–Trinajstić information content (AvgIpc) is 2.71. The van der Waals surface area contributed by atoms with E-state index in [4.69, 9.17) is 9.47 Å². The quantitative estimate of drug-likeness (QED) is 0.654. The molecule has 0 aromatic heterocycles. The molecule has 0 saturated heterocycles. The van der Waals surface area contributed by atoms with Crippen molar-refractivity contribution < 1.29 is 22.7 Å². The van der Waals surface area contributed by atoms with Gasteiger partial charge in [-0.3, -0.25) is 9.10 Å². The standard InChI is InChI=1S/C22H30N2O5S/c1-7-19(17-9-8-15(2)16(3)12-17)23-22(25)14-24(30(6,26)27)18-10-11-20(28-4)21(13-18)29-5/h8-13,19H,7,14H2,1-6H3,(H,23,25)/t19-/m0/s1. The second-order valence-corrected chi connectivity index (χ2v) is 9.09. The monoisotopic (exact) mass is 434 g/mol.